The van der Waals surface area contributed by atoms with Crippen LogP contribution in [0.2, 0.25) is 0 Å². The normalized spacial score (nSPS) is 12.4. The minimum atomic E-state index is -0.184. The van der Waals surface area contributed by atoms with Gasteiger partial charge in [0.15, 0.2) is 0 Å². The van der Waals surface area contributed by atoms with Gasteiger partial charge >= 0.3 is 0 Å². The maximum absolute atomic E-state index is 11.2. The molecule has 0 rings (SSSR count). The van der Waals surface area contributed by atoms with Crippen LogP contribution in [0.4, 0.5) is 0 Å². The van der Waals surface area contributed by atoms with Gasteiger partial charge < -0.3 is 16.4 Å². The first-order valence-electron chi connectivity index (χ1n) is 4.21. The van der Waals surface area contributed by atoms with Gasteiger partial charge in [-0.25, -0.2) is 4.99 Å². The Morgan fingerprint density at radius 1 is 1.64 bits per heavy atom. The largest absolute Gasteiger partial charge is 0.382 e. The van der Waals surface area contributed by atoms with Crippen LogP contribution in [0.15, 0.2) is 29.2 Å². The van der Waals surface area contributed by atoms with Crippen LogP contribution in [0.3, 0.4) is 0 Å². The quantitative estimate of drug-likeness (QED) is 0.418. The fourth-order valence-electron chi connectivity index (χ4n) is 0.783. The SMILES string of the molecule is C=C/C(NC(=O)CNC)=C(/N)N=CC. The van der Waals surface area contributed by atoms with Gasteiger partial charge in [-0.1, -0.05) is 6.58 Å². The van der Waals surface area contributed by atoms with Crippen molar-refractivity contribution in [3.8, 4) is 0 Å². The van der Waals surface area contributed by atoms with Gasteiger partial charge in [-0.15, -0.1) is 0 Å². The lowest BCUT2D eigenvalue weighted by atomic mass is 10.4. The van der Waals surface area contributed by atoms with Crippen LogP contribution in [-0.4, -0.2) is 25.7 Å². The molecule has 0 bridgehead atoms. The number of likely N-dealkylation sites (N-methyl/N-ethyl adjacent to an activating group) is 1. The van der Waals surface area contributed by atoms with Crippen molar-refractivity contribution in [3.63, 3.8) is 0 Å². The summed E-state index contributed by atoms with van der Waals surface area (Å²) in [6.45, 7) is 5.49. The Hall–Kier alpha value is -1.62. The van der Waals surface area contributed by atoms with Crippen molar-refractivity contribution < 1.29 is 4.79 Å². The van der Waals surface area contributed by atoms with E-state index in [-0.39, 0.29) is 18.3 Å². The lowest BCUT2D eigenvalue weighted by molar-refractivity contribution is -0.119. The first-order chi connectivity index (χ1) is 6.65. The Balaban J connectivity index is 4.50. The Morgan fingerprint density at radius 3 is 2.71 bits per heavy atom. The highest BCUT2D eigenvalue weighted by Crippen LogP contribution is 1.96. The number of nitrogens with one attached hydrogen (secondary N) is 2. The summed E-state index contributed by atoms with van der Waals surface area (Å²) in [6.07, 6.45) is 3.00. The molecule has 0 aliphatic carbocycles. The molecule has 0 unspecified atom stereocenters. The monoisotopic (exact) mass is 196 g/mol. The number of carbonyl (C=O) groups excluding carboxylic acids is 1. The Labute approximate surface area is 83.8 Å². The number of nitrogens with zero attached hydrogens (tertiary/aromatic N) is 1. The summed E-state index contributed by atoms with van der Waals surface area (Å²) in [7, 11) is 1.68. The molecule has 0 radical (unpaired) electrons. The van der Waals surface area contributed by atoms with E-state index in [0.29, 0.717) is 5.70 Å². The summed E-state index contributed by atoms with van der Waals surface area (Å²) in [5.74, 6) is 0.0589. The van der Waals surface area contributed by atoms with Gasteiger partial charge in [0.1, 0.15) is 5.82 Å². The van der Waals surface area contributed by atoms with Gasteiger partial charge in [0.05, 0.1) is 12.2 Å². The van der Waals surface area contributed by atoms with Gasteiger partial charge in [-0.2, -0.15) is 0 Å². The molecule has 0 aliphatic rings. The van der Waals surface area contributed by atoms with Gasteiger partial charge in [-0.05, 0) is 20.0 Å². The molecule has 5 nitrogen and oxygen atoms in total. The number of rotatable bonds is 5. The zero-order chi connectivity index (χ0) is 11.0. The average molecular weight is 196 g/mol. The van der Waals surface area contributed by atoms with Gasteiger partial charge in [0, 0.05) is 6.21 Å². The molecule has 0 saturated carbocycles. The van der Waals surface area contributed by atoms with Crippen molar-refractivity contribution in [3.05, 3.63) is 24.2 Å². The zero-order valence-electron chi connectivity index (χ0n) is 8.50. The fraction of sp³-hybridized carbons (Fsp3) is 0.333. The van der Waals surface area contributed by atoms with E-state index in [4.69, 9.17) is 5.73 Å². The molecule has 0 aliphatic heterocycles. The molecule has 0 spiro atoms. The number of amides is 1. The van der Waals surface area contributed by atoms with Crippen LogP contribution in [0.25, 0.3) is 0 Å². The first-order valence-corrected chi connectivity index (χ1v) is 4.21. The van der Waals surface area contributed by atoms with E-state index in [1.54, 1.807) is 20.2 Å². The van der Waals surface area contributed by atoms with E-state index in [1.807, 2.05) is 0 Å². The second-order valence-electron chi connectivity index (χ2n) is 2.47. The van der Waals surface area contributed by atoms with E-state index in [9.17, 15) is 4.79 Å². The molecule has 0 atom stereocenters. The van der Waals surface area contributed by atoms with Crippen molar-refractivity contribution in [2.75, 3.05) is 13.6 Å². The topological polar surface area (TPSA) is 79.5 Å². The summed E-state index contributed by atoms with van der Waals surface area (Å²) in [4.78, 5) is 15.0. The Bertz CT molecular complexity index is 268. The molecule has 0 heterocycles. The van der Waals surface area contributed by atoms with Gasteiger partial charge in [0.25, 0.3) is 0 Å². The average Bonchev–Trinajstić information content (AvgIpc) is 2.15. The highest BCUT2D eigenvalue weighted by Gasteiger charge is 2.03. The number of hydrogen-bond acceptors (Lipinski definition) is 4. The van der Waals surface area contributed by atoms with E-state index in [0.717, 1.165) is 0 Å². The maximum atomic E-state index is 11.2. The molecule has 1 amide bonds. The first kappa shape index (κ1) is 12.4. The van der Waals surface area contributed by atoms with E-state index in [2.05, 4.69) is 22.2 Å². The standard InChI is InChI=1S/C9H16N4O/c1-4-7(9(10)12-5-2)13-8(14)6-11-3/h4-5,11H,1,6,10H2,2-3H3,(H,13,14)/b9-7+,12-5?. The zero-order valence-corrected chi connectivity index (χ0v) is 8.50. The van der Waals surface area contributed by atoms with Crippen LogP contribution in [0.1, 0.15) is 6.92 Å². The molecule has 0 saturated heterocycles. The summed E-state index contributed by atoms with van der Waals surface area (Å²) in [6, 6.07) is 0. The second-order valence-corrected chi connectivity index (χ2v) is 2.47. The number of nitrogens with two attached hydrogens (primary N) is 1. The minimum absolute atomic E-state index is 0.184. The van der Waals surface area contributed by atoms with E-state index in [1.165, 1.54) is 6.08 Å². The predicted molar refractivity (Wildman–Crippen MR) is 57.6 cm³/mol. The summed E-state index contributed by atoms with van der Waals surface area (Å²) in [5, 5.41) is 5.29. The molecule has 0 aromatic carbocycles. The third kappa shape index (κ3) is 4.42. The predicted octanol–water partition coefficient (Wildman–Crippen LogP) is -0.273. The summed E-state index contributed by atoms with van der Waals surface area (Å²) in [5.41, 5.74) is 5.98. The summed E-state index contributed by atoms with van der Waals surface area (Å²) >= 11 is 0. The molecule has 5 heteroatoms. The molecule has 0 aromatic rings. The lowest BCUT2D eigenvalue weighted by Gasteiger charge is -2.06. The van der Waals surface area contributed by atoms with Gasteiger partial charge in [0.2, 0.25) is 5.91 Å². The molecule has 0 fully saturated rings. The lowest BCUT2D eigenvalue weighted by Crippen LogP contribution is -2.32. The number of carbonyl (C=O) groups is 1. The van der Waals surface area contributed by atoms with Crippen LogP contribution in [0, 0.1) is 0 Å². The number of hydrogen-bond donors (Lipinski definition) is 3. The summed E-state index contributed by atoms with van der Waals surface area (Å²) < 4.78 is 0. The number of allylic oxidation sites excluding steroid dienone is 1. The maximum Gasteiger partial charge on any atom is 0.238 e. The highest BCUT2D eigenvalue weighted by atomic mass is 16.1. The Morgan fingerprint density at radius 2 is 2.29 bits per heavy atom. The molecule has 78 valence electrons. The van der Waals surface area contributed by atoms with Crippen LogP contribution in [0.5, 0.6) is 0 Å². The third-order valence-electron chi connectivity index (χ3n) is 1.36. The Kier molecular flexibility index (Phi) is 6.06. The molecular formula is C9H16N4O. The highest BCUT2D eigenvalue weighted by molar-refractivity contribution is 5.80. The van der Waals surface area contributed by atoms with Crippen LogP contribution in [-0.2, 0) is 4.79 Å². The molecule has 4 N–H and O–H groups in total. The van der Waals surface area contributed by atoms with Crippen LogP contribution < -0.4 is 16.4 Å². The van der Waals surface area contributed by atoms with Crippen molar-refractivity contribution in [2.24, 2.45) is 10.7 Å². The minimum Gasteiger partial charge on any atom is -0.382 e. The smallest absolute Gasteiger partial charge is 0.238 e. The molecule has 14 heavy (non-hydrogen) atoms. The molecule has 0 aromatic heterocycles. The van der Waals surface area contributed by atoms with E-state index >= 15 is 0 Å². The fourth-order valence-corrected chi connectivity index (χ4v) is 0.783. The van der Waals surface area contributed by atoms with Crippen molar-refractivity contribution in [2.45, 2.75) is 6.92 Å². The van der Waals surface area contributed by atoms with Gasteiger partial charge in [-0.3, -0.25) is 4.79 Å². The van der Waals surface area contributed by atoms with Crippen molar-refractivity contribution >= 4 is 12.1 Å². The molecular weight excluding hydrogens is 180 g/mol. The number of aliphatic imine (C=N–C) groups is 1. The van der Waals surface area contributed by atoms with Crippen molar-refractivity contribution in [1.82, 2.24) is 10.6 Å². The van der Waals surface area contributed by atoms with Crippen LogP contribution >= 0.6 is 0 Å². The second kappa shape index (κ2) is 6.85. The van der Waals surface area contributed by atoms with Crippen molar-refractivity contribution in [1.29, 1.82) is 0 Å². The third-order valence-corrected chi connectivity index (χ3v) is 1.36. The van der Waals surface area contributed by atoms with E-state index < -0.39 is 0 Å².